The molecule has 174 valence electrons. The second-order valence-corrected chi connectivity index (χ2v) is 8.66. The Morgan fingerprint density at radius 2 is 1.72 bits per heavy atom. The Morgan fingerprint density at radius 1 is 1.12 bits per heavy atom. The van der Waals surface area contributed by atoms with Gasteiger partial charge in [0, 0.05) is 24.0 Å². The monoisotopic (exact) mass is 465 g/mol. The molecule has 0 aliphatic heterocycles. The highest BCUT2D eigenvalue weighted by atomic mass is 32.2. The van der Waals surface area contributed by atoms with Gasteiger partial charge in [0.05, 0.1) is 39.7 Å². The maximum absolute atomic E-state index is 13.2. The fourth-order valence-corrected chi connectivity index (χ4v) is 4.32. The minimum atomic E-state index is -4.02. The maximum Gasteiger partial charge on any atom is 0.325 e. The number of sulfone groups is 1. The first-order valence-corrected chi connectivity index (χ1v) is 11.0. The molecule has 0 aromatic heterocycles. The number of methoxy groups -OCH3 is 4. The van der Waals surface area contributed by atoms with Crippen molar-refractivity contribution in [3.63, 3.8) is 0 Å². The minimum absolute atomic E-state index is 0.0313. The SMILES string of the molecule is C=C1C=C(S(=O)(=O)C=Cc2c(OC)cc(OC)cc2OC)C(OC)=C(NC(C)C(=O)O)C1. The van der Waals surface area contributed by atoms with Crippen LogP contribution < -0.4 is 19.5 Å². The fraction of sp³-hybridized carbons (Fsp3) is 0.318. The highest BCUT2D eigenvalue weighted by Gasteiger charge is 2.29. The number of carboxylic acids is 1. The summed E-state index contributed by atoms with van der Waals surface area (Å²) in [5.74, 6) is 0.141. The number of carboxylic acid groups (broad SMARTS) is 1. The molecule has 2 rings (SSSR count). The first-order chi connectivity index (χ1) is 15.1. The zero-order chi connectivity index (χ0) is 24.1. The van der Waals surface area contributed by atoms with Crippen molar-refractivity contribution in [2.24, 2.45) is 0 Å². The van der Waals surface area contributed by atoms with Crippen molar-refractivity contribution < 1.29 is 37.3 Å². The normalized spacial score (nSPS) is 15.3. The van der Waals surface area contributed by atoms with Crippen LogP contribution >= 0.6 is 0 Å². The zero-order valence-corrected chi connectivity index (χ0v) is 19.4. The van der Waals surface area contributed by atoms with E-state index in [9.17, 15) is 18.3 Å². The van der Waals surface area contributed by atoms with E-state index >= 15 is 0 Å². The van der Waals surface area contributed by atoms with Crippen LogP contribution in [0.25, 0.3) is 6.08 Å². The van der Waals surface area contributed by atoms with Gasteiger partial charge >= 0.3 is 5.97 Å². The molecule has 0 heterocycles. The molecule has 0 amide bonds. The third-order valence-electron chi connectivity index (χ3n) is 4.68. The molecule has 0 bridgehead atoms. The van der Waals surface area contributed by atoms with Crippen LogP contribution in [0.15, 0.2) is 52.1 Å². The van der Waals surface area contributed by atoms with Crippen LogP contribution in [0.3, 0.4) is 0 Å². The van der Waals surface area contributed by atoms with Crippen LogP contribution in [0.4, 0.5) is 0 Å². The van der Waals surface area contributed by atoms with E-state index in [2.05, 4.69) is 11.9 Å². The molecular weight excluding hydrogens is 438 g/mol. The molecule has 32 heavy (non-hydrogen) atoms. The molecule has 0 saturated carbocycles. The van der Waals surface area contributed by atoms with E-state index in [1.165, 1.54) is 47.5 Å². The van der Waals surface area contributed by atoms with Crippen LogP contribution in [0, 0.1) is 0 Å². The van der Waals surface area contributed by atoms with Crippen molar-refractivity contribution in [2.45, 2.75) is 19.4 Å². The van der Waals surface area contributed by atoms with E-state index in [-0.39, 0.29) is 17.1 Å². The van der Waals surface area contributed by atoms with Gasteiger partial charge in [-0.25, -0.2) is 8.42 Å². The predicted molar refractivity (Wildman–Crippen MR) is 120 cm³/mol. The van der Waals surface area contributed by atoms with Gasteiger partial charge in [-0.1, -0.05) is 6.58 Å². The molecular formula is C22H27NO8S. The summed E-state index contributed by atoms with van der Waals surface area (Å²) in [7, 11) is 1.68. The summed E-state index contributed by atoms with van der Waals surface area (Å²) in [6.07, 6.45) is 2.98. The summed E-state index contributed by atoms with van der Waals surface area (Å²) in [6, 6.07) is 2.26. The van der Waals surface area contributed by atoms with E-state index in [0.29, 0.717) is 34.1 Å². The second kappa shape index (κ2) is 10.3. The molecule has 10 heteroatoms. The average molecular weight is 466 g/mol. The van der Waals surface area contributed by atoms with Crippen LogP contribution in [-0.2, 0) is 19.4 Å². The first kappa shape index (κ1) is 24.9. The molecule has 1 unspecified atom stereocenters. The van der Waals surface area contributed by atoms with Crippen molar-refractivity contribution in [3.8, 4) is 17.2 Å². The number of hydrogen-bond acceptors (Lipinski definition) is 8. The van der Waals surface area contributed by atoms with E-state index in [1.807, 2.05) is 0 Å². The van der Waals surface area contributed by atoms with Crippen molar-refractivity contribution in [2.75, 3.05) is 28.4 Å². The lowest BCUT2D eigenvalue weighted by molar-refractivity contribution is -0.138. The predicted octanol–water partition coefficient (Wildman–Crippen LogP) is 2.86. The molecule has 0 radical (unpaired) electrons. The number of ether oxygens (including phenoxy) is 4. The lowest BCUT2D eigenvalue weighted by Gasteiger charge is -2.23. The Kier molecular flexibility index (Phi) is 7.98. The van der Waals surface area contributed by atoms with Gasteiger partial charge in [0.25, 0.3) is 0 Å². The molecule has 9 nitrogen and oxygen atoms in total. The van der Waals surface area contributed by atoms with Crippen LogP contribution in [0.5, 0.6) is 17.2 Å². The third-order valence-corrected chi connectivity index (χ3v) is 6.09. The Balaban J connectivity index is 2.53. The highest BCUT2D eigenvalue weighted by Crippen LogP contribution is 2.36. The van der Waals surface area contributed by atoms with Crippen LogP contribution in [0.2, 0.25) is 0 Å². The molecule has 0 spiro atoms. The number of rotatable bonds is 10. The summed E-state index contributed by atoms with van der Waals surface area (Å²) in [4.78, 5) is 11.1. The summed E-state index contributed by atoms with van der Waals surface area (Å²) in [5.41, 5.74) is 1.20. The summed E-state index contributed by atoms with van der Waals surface area (Å²) >= 11 is 0. The molecule has 1 aliphatic carbocycles. The first-order valence-electron chi connectivity index (χ1n) is 9.47. The van der Waals surface area contributed by atoms with Gasteiger partial charge in [-0.15, -0.1) is 0 Å². The molecule has 0 saturated heterocycles. The average Bonchev–Trinajstić information content (AvgIpc) is 2.76. The fourth-order valence-electron chi connectivity index (χ4n) is 3.06. The number of benzene rings is 1. The van der Waals surface area contributed by atoms with Gasteiger partial charge in [-0.2, -0.15) is 0 Å². The number of hydrogen-bond donors (Lipinski definition) is 2. The van der Waals surface area contributed by atoms with Gasteiger partial charge in [0.1, 0.15) is 28.2 Å². The van der Waals surface area contributed by atoms with E-state index in [0.717, 1.165) is 5.41 Å². The van der Waals surface area contributed by atoms with Crippen molar-refractivity contribution in [3.05, 3.63) is 57.7 Å². The molecule has 2 N–H and O–H groups in total. The topological polar surface area (TPSA) is 120 Å². The smallest absolute Gasteiger partial charge is 0.325 e. The summed E-state index contributed by atoms with van der Waals surface area (Å²) < 4.78 is 47.6. The van der Waals surface area contributed by atoms with E-state index in [4.69, 9.17) is 18.9 Å². The Hall–Kier alpha value is -3.40. The second-order valence-electron chi connectivity index (χ2n) is 6.85. The van der Waals surface area contributed by atoms with Gasteiger partial charge in [0.2, 0.25) is 9.84 Å². The number of carbonyl (C=O) groups is 1. The maximum atomic E-state index is 13.2. The zero-order valence-electron chi connectivity index (χ0n) is 18.6. The van der Waals surface area contributed by atoms with Gasteiger partial charge in [-0.05, 0) is 24.6 Å². The Labute approximate surface area is 187 Å². The van der Waals surface area contributed by atoms with Crippen LogP contribution in [0.1, 0.15) is 18.9 Å². The molecule has 0 fully saturated rings. The number of aliphatic carboxylic acids is 1. The van der Waals surface area contributed by atoms with Gasteiger partial charge in [-0.3, -0.25) is 4.79 Å². The summed E-state index contributed by atoms with van der Waals surface area (Å²) in [6.45, 7) is 5.29. The summed E-state index contributed by atoms with van der Waals surface area (Å²) in [5, 5.41) is 13.0. The van der Waals surface area contributed by atoms with Crippen molar-refractivity contribution in [1.82, 2.24) is 5.32 Å². The number of allylic oxidation sites excluding steroid dienone is 2. The third kappa shape index (κ3) is 5.44. The van der Waals surface area contributed by atoms with Gasteiger partial charge in [0.15, 0.2) is 5.76 Å². The largest absolute Gasteiger partial charge is 0.496 e. The quantitative estimate of drug-likeness (QED) is 0.537. The van der Waals surface area contributed by atoms with Crippen LogP contribution in [-0.4, -0.2) is 54.0 Å². The Morgan fingerprint density at radius 3 is 2.19 bits per heavy atom. The van der Waals surface area contributed by atoms with Crippen molar-refractivity contribution >= 4 is 21.9 Å². The number of nitrogens with one attached hydrogen (secondary N) is 1. The molecule has 1 atom stereocenters. The van der Waals surface area contributed by atoms with E-state index < -0.39 is 21.8 Å². The van der Waals surface area contributed by atoms with Crippen molar-refractivity contribution in [1.29, 1.82) is 0 Å². The van der Waals surface area contributed by atoms with E-state index in [1.54, 1.807) is 12.1 Å². The molecule has 1 aromatic carbocycles. The molecule has 1 aromatic rings. The minimum Gasteiger partial charge on any atom is -0.496 e. The molecule has 1 aliphatic rings. The highest BCUT2D eigenvalue weighted by molar-refractivity contribution is 7.98. The standard InChI is InChI=1S/C22H27NO8S/c1-13-9-17(23-14(2)22(24)25)21(31-6)20(10-13)32(26,27)8-7-16-18(29-4)11-15(28-3)12-19(16)30-5/h7-8,10-12,14,23H,1,9H2,2-6H3,(H,24,25). The lowest BCUT2D eigenvalue weighted by atomic mass is 10.0. The lowest BCUT2D eigenvalue weighted by Crippen LogP contribution is -2.35. The van der Waals surface area contributed by atoms with Gasteiger partial charge < -0.3 is 29.4 Å². The Bertz CT molecular complexity index is 1070.